The van der Waals surface area contributed by atoms with Crippen LogP contribution in [-0.2, 0) is 17.1 Å². The molecule has 13 N–H and O–H groups in total. The van der Waals surface area contributed by atoms with Gasteiger partial charge in [0, 0.05) is 6.61 Å². The summed E-state index contributed by atoms with van der Waals surface area (Å²) in [5, 5.41) is 7.57. The SMILES string of the molecule is CCO.O.O.O.O.O.O.[Cl-].[Cl-].[Cl-].[Fe+3]. The second-order valence-electron chi connectivity index (χ2n) is 0.316. The van der Waals surface area contributed by atoms with Crippen LogP contribution in [0, 0.1) is 0 Å². The standard InChI is InChI=1S/C2H6O.3ClH.Fe.6H2O/c1-2-3;;;;;;;;;;/h3H,2H2,1H3;3*1H;;6*1H2/q;;;;+3;;;;;;/p-3. The first-order valence-corrected chi connectivity index (χ1v) is 1.02. The van der Waals surface area contributed by atoms with Gasteiger partial charge in [0.15, 0.2) is 0 Å². The van der Waals surface area contributed by atoms with Gasteiger partial charge >= 0.3 is 17.1 Å². The Hall–Kier alpha value is 1.11. The van der Waals surface area contributed by atoms with E-state index in [2.05, 4.69) is 0 Å². The second kappa shape index (κ2) is 432. The first-order chi connectivity index (χ1) is 1.41. The molecule has 0 saturated heterocycles. The molecule has 0 aliphatic heterocycles. The van der Waals surface area contributed by atoms with Crippen LogP contribution in [-0.4, -0.2) is 44.6 Å². The minimum Gasteiger partial charge on any atom is -1.00 e. The molecule has 97 valence electrons. The fraction of sp³-hybridized carbons (Fsp3) is 1.00. The van der Waals surface area contributed by atoms with Crippen LogP contribution < -0.4 is 37.2 Å². The quantitative estimate of drug-likeness (QED) is 0.424. The van der Waals surface area contributed by atoms with Crippen molar-refractivity contribution in [1.82, 2.24) is 0 Å². The van der Waals surface area contributed by atoms with Gasteiger partial charge in [-0.15, -0.1) is 0 Å². The molecule has 13 heavy (non-hydrogen) atoms. The van der Waals surface area contributed by atoms with E-state index in [9.17, 15) is 0 Å². The first-order valence-electron chi connectivity index (χ1n) is 1.02. The van der Waals surface area contributed by atoms with Crippen LogP contribution >= 0.6 is 0 Å². The van der Waals surface area contributed by atoms with Crippen molar-refractivity contribution in [3.63, 3.8) is 0 Å². The van der Waals surface area contributed by atoms with Crippen LogP contribution in [0.4, 0.5) is 0 Å². The van der Waals surface area contributed by atoms with Crippen molar-refractivity contribution in [2.24, 2.45) is 0 Å². The average molecular weight is 316 g/mol. The molecule has 7 nitrogen and oxygen atoms in total. The van der Waals surface area contributed by atoms with Crippen molar-refractivity contribution in [2.75, 3.05) is 6.61 Å². The van der Waals surface area contributed by atoms with Gasteiger partial charge in [0.25, 0.3) is 0 Å². The fourth-order valence-electron chi connectivity index (χ4n) is 0. The van der Waals surface area contributed by atoms with Crippen LogP contribution in [0.5, 0.6) is 0 Å². The summed E-state index contributed by atoms with van der Waals surface area (Å²) in [7, 11) is 0. The molecule has 0 unspecified atom stereocenters. The summed E-state index contributed by atoms with van der Waals surface area (Å²) in [4.78, 5) is 0. The Labute approximate surface area is 106 Å². The molecule has 0 aliphatic rings. The zero-order chi connectivity index (χ0) is 2.71. The second-order valence-corrected chi connectivity index (χ2v) is 0.316. The summed E-state index contributed by atoms with van der Waals surface area (Å²) >= 11 is 0. The van der Waals surface area contributed by atoms with Crippen LogP contribution in [0.2, 0.25) is 0 Å². The molecule has 0 heterocycles. The van der Waals surface area contributed by atoms with Gasteiger partial charge in [-0.05, 0) is 6.92 Å². The molecule has 1 radical (unpaired) electrons. The van der Waals surface area contributed by atoms with E-state index in [0.717, 1.165) is 0 Å². The minimum absolute atomic E-state index is 0. The summed E-state index contributed by atoms with van der Waals surface area (Å²) in [6, 6.07) is 0. The van der Waals surface area contributed by atoms with E-state index >= 15 is 0 Å². The minimum atomic E-state index is 0. The van der Waals surface area contributed by atoms with E-state index in [1.54, 1.807) is 6.92 Å². The van der Waals surface area contributed by atoms with Crippen molar-refractivity contribution in [1.29, 1.82) is 0 Å². The van der Waals surface area contributed by atoms with Crippen molar-refractivity contribution in [3.8, 4) is 0 Å². The average Bonchev–Trinajstić information content (AvgIpc) is 0.918. The number of halogens is 3. The normalized spacial score (nSPS) is 1.38. The monoisotopic (exact) mass is 315 g/mol. The summed E-state index contributed by atoms with van der Waals surface area (Å²) in [5.74, 6) is 0. The Kier molecular flexibility index (Phi) is 8330. The van der Waals surface area contributed by atoms with Gasteiger partial charge in [0.05, 0.1) is 0 Å². The number of hydrogen-bond donors (Lipinski definition) is 1. The Morgan fingerprint density at radius 3 is 0.692 bits per heavy atom. The van der Waals surface area contributed by atoms with Crippen LogP contribution in [0.25, 0.3) is 0 Å². The van der Waals surface area contributed by atoms with E-state index in [4.69, 9.17) is 5.11 Å². The smallest absolute Gasteiger partial charge is 1.00 e. The van der Waals surface area contributed by atoms with Gasteiger partial charge in [-0.3, -0.25) is 0 Å². The number of aliphatic hydroxyl groups excluding tert-OH is 1. The van der Waals surface area contributed by atoms with Gasteiger partial charge in [0.2, 0.25) is 0 Å². The van der Waals surface area contributed by atoms with Crippen molar-refractivity contribution >= 4 is 0 Å². The molecule has 0 rings (SSSR count). The molecular formula is C2H18Cl3FeO7. The Bertz CT molecular complexity index is 21.7. The third kappa shape index (κ3) is 1310. The van der Waals surface area contributed by atoms with E-state index in [0.29, 0.717) is 0 Å². The first kappa shape index (κ1) is 251. The van der Waals surface area contributed by atoms with Gasteiger partial charge in [-0.1, -0.05) is 0 Å². The molecule has 0 aromatic carbocycles. The molecule has 0 bridgehead atoms. The van der Waals surface area contributed by atoms with Crippen LogP contribution in [0.15, 0.2) is 0 Å². The molecular weight excluding hydrogens is 298 g/mol. The topological polar surface area (TPSA) is 209 Å². The van der Waals surface area contributed by atoms with E-state index in [1.807, 2.05) is 0 Å². The summed E-state index contributed by atoms with van der Waals surface area (Å²) in [6.45, 7) is 1.93. The van der Waals surface area contributed by atoms with Gasteiger partial charge in [-0.2, -0.15) is 0 Å². The fourth-order valence-corrected chi connectivity index (χ4v) is 0. The molecule has 11 heteroatoms. The molecule has 0 amide bonds. The largest absolute Gasteiger partial charge is 3.00 e. The molecule has 0 saturated carbocycles. The summed E-state index contributed by atoms with van der Waals surface area (Å²) < 4.78 is 0. The third-order valence-electron chi connectivity index (χ3n) is 0. The Morgan fingerprint density at radius 2 is 0.692 bits per heavy atom. The summed E-state index contributed by atoms with van der Waals surface area (Å²) in [5.41, 5.74) is 0. The molecule has 0 aromatic rings. The zero-order valence-electron chi connectivity index (χ0n) is 6.64. The number of hydrogen-bond acceptors (Lipinski definition) is 1. The zero-order valence-corrected chi connectivity index (χ0v) is 10.0. The third-order valence-corrected chi connectivity index (χ3v) is 0. The van der Waals surface area contributed by atoms with Crippen molar-refractivity contribution < 1.29 is 92.3 Å². The predicted octanol–water partition coefficient (Wildman–Crippen LogP) is -13.9. The maximum absolute atomic E-state index is 7.57. The molecule has 0 aliphatic carbocycles. The number of aliphatic hydroxyl groups is 1. The van der Waals surface area contributed by atoms with Crippen LogP contribution in [0.3, 0.4) is 0 Å². The molecule has 0 fully saturated rings. The van der Waals surface area contributed by atoms with Gasteiger partial charge < -0.3 is 75.2 Å². The molecule has 0 spiro atoms. The Balaban J connectivity index is -0.000000000444. The van der Waals surface area contributed by atoms with E-state index in [1.165, 1.54) is 0 Å². The van der Waals surface area contributed by atoms with E-state index in [-0.39, 0.29) is 93.8 Å². The van der Waals surface area contributed by atoms with Gasteiger partial charge in [0.1, 0.15) is 0 Å². The van der Waals surface area contributed by atoms with E-state index < -0.39 is 0 Å². The van der Waals surface area contributed by atoms with Gasteiger partial charge in [-0.25, -0.2) is 0 Å². The number of rotatable bonds is 0. The maximum atomic E-state index is 7.57. The van der Waals surface area contributed by atoms with Crippen molar-refractivity contribution in [2.45, 2.75) is 6.92 Å². The van der Waals surface area contributed by atoms with Crippen LogP contribution in [0.1, 0.15) is 6.92 Å². The predicted molar refractivity (Wildman–Crippen MR) is 34.4 cm³/mol. The van der Waals surface area contributed by atoms with Crippen molar-refractivity contribution in [3.05, 3.63) is 0 Å². The summed E-state index contributed by atoms with van der Waals surface area (Å²) in [6.07, 6.45) is 0. The maximum Gasteiger partial charge on any atom is 3.00 e. The molecule has 0 aromatic heterocycles. The molecule has 0 atom stereocenters. The Morgan fingerprint density at radius 1 is 0.692 bits per heavy atom.